The predicted molar refractivity (Wildman–Crippen MR) is 75.9 cm³/mol. The summed E-state index contributed by atoms with van der Waals surface area (Å²) in [4.78, 5) is 0. The van der Waals surface area contributed by atoms with E-state index in [-0.39, 0.29) is 6.10 Å². The smallest absolute Gasteiger partial charge is 0.0543 e. The molecule has 2 N–H and O–H groups in total. The zero-order valence-electron chi connectivity index (χ0n) is 11.0. The van der Waals surface area contributed by atoms with Gasteiger partial charge in [-0.2, -0.15) is 0 Å². The third kappa shape index (κ3) is 3.98. The van der Waals surface area contributed by atoms with Gasteiger partial charge < -0.3 is 10.4 Å². The SMILES string of the molecule is Cc1ccc(CNCC2CCCC(O)C2)c(Cl)c1. The van der Waals surface area contributed by atoms with Crippen LogP contribution in [0.3, 0.4) is 0 Å². The van der Waals surface area contributed by atoms with Gasteiger partial charge in [0.1, 0.15) is 0 Å². The highest BCUT2D eigenvalue weighted by atomic mass is 35.5. The lowest BCUT2D eigenvalue weighted by Crippen LogP contribution is -2.28. The molecule has 2 rings (SSSR count). The number of nitrogens with one attached hydrogen (secondary N) is 1. The lowest BCUT2D eigenvalue weighted by molar-refractivity contribution is 0.101. The summed E-state index contributed by atoms with van der Waals surface area (Å²) in [5.74, 6) is 0.609. The van der Waals surface area contributed by atoms with Gasteiger partial charge in [0, 0.05) is 11.6 Å². The molecule has 1 fully saturated rings. The Hall–Kier alpha value is -0.570. The molecule has 1 aliphatic rings. The van der Waals surface area contributed by atoms with E-state index in [2.05, 4.69) is 17.4 Å². The molecular formula is C15H22ClNO. The maximum Gasteiger partial charge on any atom is 0.0543 e. The lowest BCUT2D eigenvalue weighted by atomic mass is 9.87. The molecule has 100 valence electrons. The highest BCUT2D eigenvalue weighted by Gasteiger charge is 2.19. The molecule has 0 radical (unpaired) electrons. The van der Waals surface area contributed by atoms with Crippen LogP contribution in [-0.4, -0.2) is 17.8 Å². The standard InChI is InChI=1S/C15H22ClNO/c1-11-5-6-13(15(16)7-11)10-17-9-12-3-2-4-14(18)8-12/h5-7,12,14,17-18H,2-4,8-10H2,1H3. The maximum absolute atomic E-state index is 9.62. The van der Waals surface area contributed by atoms with Gasteiger partial charge in [0.25, 0.3) is 0 Å². The first-order valence-corrected chi connectivity index (χ1v) is 7.17. The average molecular weight is 268 g/mol. The summed E-state index contributed by atoms with van der Waals surface area (Å²) in [7, 11) is 0. The summed E-state index contributed by atoms with van der Waals surface area (Å²) < 4.78 is 0. The third-order valence-corrected chi connectivity index (χ3v) is 4.06. The first kappa shape index (κ1) is 13.9. The first-order chi connectivity index (χ1) is 8.65. The van der Waals surface area contributed by atoms with Crippen molar-refractivity contribution in [2.24, 2.45) is 5.92 Å². The van der Waals surface area contributed by atoms with E-state index in [1.54, 1.807) is 0 Å². The summed E-state index contributed by atoms with van der Waals surface area (Å²) in [6.45, 7) is 3.83. The van der Waals surface area contributed by atoms with Crippen LogP contribution in [0.15, 0.2) is 18.2 Å². The Balaban J connectivity index is 1.77. The molecule has 1 aromatic carbocycles. The molecule has 0 bridgehead atoms. The molecule has 2 atom stereocenters. The van der Waals surface area contributed by atoms with Crippen LogP contribution in [0.25, 0.3) is 0 Å². The molecule has 1 aliphatic carbocycles. The second-order valence-electron chi connectivity index (χ2n) is 5.41. The average Bonchev–Trinajstić information content (AvgIpc) is 2.32. The molecule has 1 aromatic rings. The van der Waals surface area contributed by atoms with Crippen LogP contribution in [0.4, 0.5) is 0 Å². The molecule has 3 heteroatoms. The lowest BCUT2D eigenvalue weighted by Gasteiger charge is -2.26. The normalized spacial score (nSPS) is 24.2. The van der Waals surface area contributed by atoms with Gasteiger partial charge in [-0.25, -0.2) is 0 Å². The minimum Gasteiger partial charge on any atom is -0.393 e. The largest absolute Gasteiger partial charge is 0.393 e. The monoisotopic (exact) mass is 267 g/mol. The van der Waals surface area contributed by atoms with Crippen molar-refractivity contribution >= 4 is 11.6 Å². The van der Waals surface area contributed by atoms with E-state index < -0.39 is 0 Å². The summed E-state index contributed by atoms with van der Waals surface area (Å²) >= 11 is 6.19. The van der Waals surface area contributed by atoms with Crippen molar-refractivity contribution in [3.05, 3.63) is 34.3 Å². The topological polar surface area (TPSA) is 32.3 Å². The molecule has 0 heterocycles. The molecule has 1 saturated carbocycles. The highest BCUT2D eigenvalue weighted by molar-refractivity contribution is 6.31. The van der Waals surface area contributed by atoms with Crippen molar-refractivity contribution in [1.82, 2.24) is 5.32 Å². The summed E-state index contributed by atoms with van der Waals surface area (Å²) in [5, 5.41) is 13.9. The first-order valence-electron chi connectivity index (χ1n) is 6.79. The van der Waals surface area contributed by atoms with Gasteiger partial charge >= 0.3 is 0 Å². The number of halogens is 1. The summed E-state index contributed by atoms with van der Waals surface area (Å²) in [6, 6.07) is 6.18. The molecular weight excluding hydrogens is 246 g/mol. The Kier molecular flexibility index (Phi) is 5.04. The summed E-state index contributed by atoms with van der Waals surface area (Å²) in [5.41, 5.74) is 2.35. The van der Waals surface area contributed by atoms with Crippen molar-refractivity contribution in [2.45, 2.75) is 45.3 Å². The van der Waals surface area contributed by atoms with Crippen molar-refractivity contribution in [3.8, 4) is 0 Å². The number of hydrogen-bond donors (Lipinski definition) is 2. The van der Waals surface area contributed by atoms with Crippen LogP contribution >= 0.6 is 11.6 Å². The highest BCUT2D eigenvalue weighted by Crippen LogP contribution is 2.24. The maximum atomic E-state index is 9.62. The zero-order valence-corrected chi connectivity index (χ0v) is 11.7. The molecule has 2 nitrogen and oxygen atoms in total. The Bertz CT molecular complexity index is 394. The summed E-state index contributed by atoms with van der Waals surface area (Å²) in [6.07, 6.45) is 4.20. The van der Waals surface area contributed by atoms with Crippen LogP contribution < -0.4 is 5.32 Å². The van der Waals surface area contributed by atoms with E-state index in [0.29, 0.717) is 5.92 Å². The quantitative estimate of drug-likeness (QED) is 0.877. The fourth-order valence-electron chi connectivity index (χ4n) is 2.65. The molecule has 0 amide bonds. The van der Waals surface area contributed by atoms with Gasteiger partial charge in [0.15, 0.2) is 0 Å². The van der Waals surface area contributed by atoms with E-state index in [9.17, 15) is 5.11 Å². The molecule has 0 aromatic heterocycles. The third-order valence-electron chi connectivity index (χ3n) is 3.71. The Morgan fingerprint density at radius 3 is 2.94 bits per heavy atom. The van der Waals surface area contributed by atoms with Crippen molar-refractivity contribution in [3.63, 3.8) is 0 Å². The Morgan fingerprint density at radius 2 is 2.22 bits per heavy atom. The fourth-order valence-corrected chi connectivity index (χ4v) is 2.96. The van der Waals surface area contributed by atoms with Crippen LogP contribution in [0.2, 0.25) is 5.02 Å². The molecule has 0 saturated heterocycles. The van der Waals surface area contributed by atoms with E-state index >= 15 is 0 Å². The zero-order chi connectivity index (χ0) is 13.0. The van der Waals surface area contributed by atoms with Crippen molar-refractivity contribution < 1.29 is 5.11 Å². The number of aliphatic hydroxyl groups is 1. The van der Waals surface area contributed by atoms with Crippen LogP contribution in [-0.2, 0) is 6.54 Å². The van der Waals surface area contributed by atoms with E-state index in [1.807, 2.05) is 13.0 Å². The minimum absolute atomic E-state index is 0.0893. The number of hydrogen-bond acceptors (Lipinski definition) is 2. The van der Waals surface area contributed by atoms with Crippen molar-refractivity contribution in [1.29, 1.82) is 0 Å². The van der Waals surface area contributed by atoms with Crippen molar-refractivity contribution in [2.75, 3.05) is 6.54 Å². The molecule has 18 heavy (non-hydrogen) atoms. The van der Waals surface area contributed by atoms with Gasteiger partial charge in [-0.1, -0.05) is 30.2 Å². The Labute approximate surface area is 114 Å². The molecule has 2 unspecified atom stereocenters. The number of benzene rings is 1. The fraction of sp³-hybridized carbons (Fsp3) is 0.600. The number of rotatable bonds is 4. The van der Waals surface area contributed by atoms with E-state index in [4.69, 9.17) is 11.6 Å². The second kappa shape index (κ2) is 6.55. The van der Waals surface area contributed by atoms with Crippen LogP contribution in [0.5, 0.6) is 0 Å². The predicted octanol–water partition coefficient (Wildman–Crippen LogP) is 3.29. The number of aryl methyl sites for hydroxylation is 1. The van der Waals surface area contributed by atoms with Gasteiger partial charge in [0.05, 0.1) is 6.10 Å². The Morgan fingerprint density at radius 1 is 1.39 bits per heavy atom. The van der Waals surface area contributed by atoms with Gasteiger partial charge in [0.2, 0.25) is 0 Å². The van der Waals surface area contributed by atoms with Gasteiger partial charge in [-0.3, -0.25) is 0 Å². The van der Waals surface area contributed by atoms with E-state index in [0.717, 1.165) is 42.9 Å². The van der Waals surface area contributed by atoms with E-state index in [1.165, 1.54) is 12.0 Å². The van der Waals surface area contributed by atoms with Crippen LogP contribution in [0, 0.1) is 12.8 Å². The molecule has 0 spiro atoms. The number of aliphatic hydroxyl groups excluding tert-OH is 1. The minimum atomic E-state index is -0.0893. The second-order valence-corrected chi connectivity index (χ2v) is 5.82. The van der Waals surface area contributed by atoms with Gasteiger partial charge in [-0.05, 0) is 55.8 Å². The van der Waals surface area contributed by atoms with Crippen LogP contribution in [0.1, 0.15) is 36.8 Å². The van der Waals surface area contributed by atoms with Gasteiger partial charge in [-0.15, -0.1) is 0 Å². The molecule has 0 aliphatic heterocycles.